The molecule has 21 heavy (non-hydrogen) atoms. The van der Waals surface area contributed by atoms with E-state index in [9.17, 15) is 0 Å². The Balaban J connectivity index is 1.93. The lowest BCUT2D eigenvalue weighted by atomic mass is 10.1. The topological polar surface area (TPSA) is 43.8 Å². The van der Waals surface area contributed by atoms with Gasteiger partial charge in [0.05, 0.1) is 12.2 Å². The number of benzene rings is 2. The minimum atomic E-state index is 0.607. The summed E-state index contributed by atoms with van der Waals surface area (Å²) in [6.07, 6.45) is 1.85. The number of nitrogens with two attached hydrogens (primary N) is 1. The van der Waals surface area contributed by atoms with Gasteiger partial charge in [0.2, 0.25) is 0 Å². The minimum absolute atomic E-state index is 0.607. The van der Waals surface area contributed by atoms with Gasteiger partial charge in [-0.25, -0.2) is 0 Å². The van der Waals surface area contributed by atoms with Crippen LogP contribution in [0.2, 0.25) is 5.02 Å². The first-order valence-corrected chi connectivity index (χ1v) is 7.14. The lowest BCUT2D eigenvalue weighted by Crippen LogP contribution is -2.01. The van der Waals surface area contributed by atoms with E-state index in [-0.39, 0.29) is 0 Å². The average molecular weight is 298 g/mol. The first-order valence-electron chi connectivity index (χ1n) is 6.77. The fraction of sp³-hybridized carbons (Fsp3) is 0.118. The molecule has 0 saturated carbocycles. The fourth-order valence-electron chi connectivity index (χ4n) is 2.34. The van der Waals surface area contributed by atoms with Gasteiger partial charge in [0, 0.05) is 16.8 Å². The number of halogens is 1. The van der Waals surface area contributed by atoms with Gasteiger partial charge in [-0.15, -0.1) is 0 Å². The first-order chi connectivity index (χ1) is 10.1. The number of hydrogen-bond donors (Lipinski definition) is 1. The summed E-state index contributed by atoms with van der Waals surface area (Å²) in [7, 11) is 0. The van der Waals surface area contributed by atoms with E-state index in [1.807, 2.05) is 47.3 Å². The molecule has 0 spiro atoms. The molecule has 0 radical (unpaired) electrons. The predicted octanol–water partition coefficient (Wildman–Crippen LogP) is 4.14. The summed E-state index contributed by atoms with van der Waals surface area (Å²) in [5.41, 5.74) is 10.8. The Kier molecular flexibility index (Phi) is 3.67. The van der Waals surface area contributed by atoms with E-state index < -0.39 is 0 Å². The number of nitrogens with zero attached hydrogens (tertiary/aromatic N) is 2. The molecule has 0 aliphatic heterocycles. The maximum atomic E-state index is 6.19. The molecule has 106 valence electrons. The molecule has 4 heteroatoms. The molecule has 0 fully saturated rings. The van der Waals surface area contributed by atoms with Crippen molar-refractivity contribution in [2.45, 2.75) is 13.5 Å². The van der Waals surface area contributed by atoms with Crippen LogP contribution in [0.25, 0.3) is 11.3 Å². The Hall–Kier alpha value is -2.26. The highest BCUT2D eigenvalue weighted by Crippen LogP contribution is 2.25. The molecule has 0 saturated heterocycles. The summed E-state index contributed by atoms with van der Waals surface area (Å²) in [4.78, 5) is 0. The standard InChI is InChI=1S/C17H16ClN3/c1-12-5-4-7-13(9-12)17-16(19)11-21(20-17)10-14-6-2-3-8-15(14)18/h2-9,11H,10,19H2,1H3. The Morgan fingerprint density at radius 1 is 1.14 bits per heavy atom. The third-order valence-electron chi connectivity index (χ3n) is 3.37. The highest BCUT2D eigenvalue weighted by Gasteiger charge is 2.10. The Morgan fingerprint density at radius 3 is 2.71 bits per heavy atom. The van der Waals surface area contributed by atoms with Crippen molar-refractivity contribution in [3.05, 3.63) is 70.9 Å². The number of aromatic nitrogens is 2. The Bertz CT molecular complexity index is 777. The SMILES string of the molecule is Cc1cccc(-c2nn(Cc3ccccc3Cl)cc2N)c1. The van der Waals surface area contributed by atoms with Crippen LogP contribution in [0, 0.1) is 6.92 Å². The molecular weight excluding hydrogens is 282 g/mol. The summed E-state index contributed by atoms with van der Waals surface area (Å²) in [5, 5.41) is 5.33. The third kappa shape index (κ3) is 2.93. The largest absolute Gasteiger partial charge is 0.396 e. The number of rotatable bonds is 3. The van der Waals surface area contributed by atoms with Crippen molar-refractivity contribution in [1.29, 1.82) is 0 Å². The van der Waals surface area contributed by atoms with Gasteiger partial charge >= 0.3 is 0 Å². The molecular formula is C17H16ClN3. The molecule has 2 aromatic carbocycles. The maximum Gasteiger partial charge on any atom is 0.115 e. The molecule has 3 nitrogen and oxygen atoms in total. The van der Waals surface area contributed by atoms with Crippen LogP contribution in [0.5, 0.6) is 0 Å². The summed E-state index contributed by atoms with van der Waals surface area (Å²) < 4.78 is 1.83. The van der Waals surface area contributed by atoms with Crippen molar-refractivity contribution < 1.29 is 0 Å². The van der Waals surface area contributed by atoms with Gasteiger partial charge in [-0.2, -0.15) is 5.10 Å². The van der Waals surface area contributed by atoms with Crippen LogP contribution in [0.1, 0.15) is 11.1 Å². The zero-order valence-corrected chi connectivity index (χ0v) is 12.5. The predicted molar refractivity (Wildman–Crippen MR) is 87.4 cm³/mol. The number of nitrogen functional groups attached to an aromatic ring is 1. The van der Waals surface area contributed by atoms with E-state index in [2.05, 4.69) is 24.2 Å². The van der Waals surface area contributed by atoms with Crippen molar-refractivity contribution >= 4 is 17.3 Å². The quantitative estimate of drug-likeness (QED) is 0.789. The van der Waals surface area contributed by atoms with E-state index in [0.29, 0.717) is 12.2 Å². The fourth-order valence-corrected chi connectivity index (χ4v) is 2.53. The summed E-state index contributed by atoms with van der Waals surface area (Å²) in [6.45, 7) is 2.66. The molecule has 2 N–H and O–H groups in total. The molecule has 1 heterocycles. The Labute approximate surface area is 129 Å². The van der Waals surface area contributed by atoms with Crippen LogP contribution in [-0.2, 0) is 6.54 Å². The molecule has 0 amide bonds. The lowest BCUT2D eigenvalue weighted by molar-refractivity contribution is 0.690. The second-order valence-corrected chi connectivity index (χ2v) is 5.50. The van der Waals surface area contributed by atoms with Crippen molar-refractivity contribution in [2.24, 2.45) is 0 Å². The molecule has 0 bridgehead atoms. The monoisotopic (exact) mass is 297 g/mol. The zero-order valence-electron chi connectivity index (χ0n) is 11.8. The van der Waals surface area contributed by atoms with Gasteiger partial charge in [-0.1, -0.05) is 53.6 Å². The van der Waals surface area contributed by atoms with Gasteiger partial charge in [0.15, 0.2) is 0 Å². The normalized spacial score (nSPS) is 10.8. The van der Waals surface area contributed by atoms with Crippen LogP contribution in [0.4, 0.5) is 5.69 Å². The second-order valence-electron chi connectivity index (χ2n) is 5.09. The zero-order chi connectivity index (χ0) is 14.8. The average Bonchev–Trinajstić information content (AvgIpc) is 2.82. The molecule has 0 unspecified atom stereocenters. The molecule has 0 aliphatic carbocycles. The number of aryl methyl sites for hydroxylation is 1. The summed E-state index contributed by atoms with van der Waals surface area (Å²) >= 11 is 6.19. The minimum Gasteiger partial charge on any atom is -0.396 e. The van der Waals surface area contributed by atoms with E-state index in [1.165, 1.54) is 5.56 Å². The molecule has 0 atom stereocenters. The molecule has 3 rings (SSSR count). The highest BCUT2D eigenvalue weighted by molar-refractivity contribution is 6.31. The summed E-state index contributed by atoms with van der Waals surface area (Å²) in [6, 6.07) is 15.9. The van der Waals surface area contributed by atoms with E-state index in [1.54, 1.807) is 0 Å². The third-order valence-corrected chi connectivity index (χ3v) is 3.74. The van der Waals surface area contributed by atoms with Crippen LogP contribution < -0.4 is 5.73 Å². The molecule has 1 aromatic heterocycles. The van der Waals surface area contributed by atoms with Gasteiger partial charge in [-0.05, 0) is 24.6 Å². The number of hydrogen-bond acceptors (Lipinski definition) is 2. The van der Waals surface area contributed by atoms with Crippen molar-refractivity contribution in [2.75, 3.05) is 5.73 Å². The van der Waals surface area contributed by atoms with Gasteiger partial charge in [-0.3, -0.25) is 4.68 Å². The smallest absolute Gasteiger partial charge is 0.115 e. The van der Waals surface area contributed by atoms with Crippen LogP contribution in [-0.4, -0.2) is 9.78 Å². The van der Waals surface area contributed by atoms with Gasteiger partial charge < -0.3 is 5.73 Å². The van der Waals surface area contributed by atoms with Gasteiger partial charge in [0.1, 0.15) is 5.69 Å². The van der Waals surface area contributed by atoms with Crippen molar-refractivity contribution in [3.63, 3.8) is 0 Å². The van der Waals surface area contributed by atoms with Crippen molar-refractivity contribution in [3.8, 4) is 11.3 Å². The van der Waals surface area contributed by atoms with E-state index >= 15 is 0 Å². The first kappa shape index (κ1) is 13.7. The van der Waals surface area contributed by atoms with E-state index in [4.69, 9.17) is 17.3 Å². The van der Waals surface area contributed by atoms with Crippen molar-refractivity contribution in [1.82, 2.24) is 9.78 Å². The van der Waals surface area contributed by atoms with Crippen LogP contribution >= 0.6 is 11.6 Å². The molecule has 0 aliphatic rings. The van der Waals surface area contributed by atoms with E-state index in [0.717, 1.165) is 21.8 Å². The Morgan fingerprint density at radius 2 is 1.95 bits per heavy atom. The van der Waals surface area contributed by atoms with Crippen LogP contribution in [0.3, 0.4) is 0 Å². The lowest BCUT2D eigenvalue weighted by Gasteiger charge is -2.04. The van der Waals surface area contributed by atoms with Crippen LogP contribution in [0.15, 0.2) is 54.7 Å². The highest BCUT2D eigenvalue weighted by atomic mass is 35.5. The number of anilines is 1. The summed E-state index contributed by atoms with van der Waals surface area (Å²) in [5.74, 6) is 0. The second kappa shape index (κ2) is 5.62. The maximum absolute atomic E-state index is 6.19. The molecule has 3 aromatic rings. The van der Waals surface area contributed by atoms with Gasteiger partial charge in [0.25, 0.3) is 0 Å².